The number of halogens is 1. The Balaban J connectivity index is 1.78. The van der Waals surface area contributed by atoms with Crippen LogP contribution in [0, 0.1) is 5.82 Å². The minimum Gasteiger partial charge on any atom is -0.342 e. The summed E-state index contributed by atoms with van der Waals surface area (Å²) in [5.41, 5.74) is 0.948. The van der Waals surface area contributed by atoms with Crippen LogP contribution in [0.15, 0.2) is 24.3 Å². The third kappa shape index (κ3) is 5.82. The van der Waals surface area contributed by atoms with E-state index in [9.17, 15) is 18.8 Å². The second kappa shape index (κ2) is 9.31. The van der Waals surface area contributed by atoms with E-state index in [0.29, 0.717) is 45.7 Å². The van der Waals surface area contributed by atoms with Gasteiger partial charge in [0.15, 0.2) is 0 Å². The van der Waals surface area contributed by atoms with Crippen molar-refractivity contribution in [1.82, 2.24) is 14.7 Å². The van der Waals surface area contributed by atoms with Gasteiger partial charge in [-0.25, -0.2) is 4.39 Å². The Kier molecular flexibility index (Phi) is 7.12. The molecule has 3 amide bonds. The van der Waals surface area contributed by atoms with Crippen LogP contribution in [0.25, 0.3) is 0 Å². The molecule has 0 radical (unpaired) electrons. The summed E-state index contributed by atoms with van der Waals surface area (Å²) in [6.07, 6.45) is 0.883. The lowest BCUT2D eigenvalue weighted by atomic mass is 10.1. The molecule has 2 rings (SSSR count). The molecule has 0 spiro atoms. The minimum absolute atomic E-state index is 0.00114. The van der Waals surface area contributed by atoms with Gasteiger partial charge >= 0.3 is 0 Å². The molecule has 1 aliphatic rings. The van der Waals surface area contributed by atoms with Crippen LogP contribution in [0.3, 0.4) is 0 Å². The van der Waals surface area contributed by atoms with Gasteiger partial charge in [-0.3, -0.25) is 14.4 Å². The normalized spacial score (nSPS) is 14.3. The molecule has 0 aromatic heterocycles. The fourth-order valence-electron chi connectivity index (χ4n) is 3.00. The zero-order chi connectivity index (χ0) is 19.1. The van der Waals surface area contributed by atoms with Crippen molar-refractivity contribution in [2.75, 3.05) is 39.3 Å². The second-order valence-electron chi connectivity index (χ2n) is 6.52. The highest BCUT2D eigenvalue weighted by molar-refractivity contribution is 5.79. The fraction of sp³-hybridized carbons (Fsp3) is 0.526. The van der Waals surface area contributed by atoms with E-state index in [-0.39, 0.29) is 30.0 Å². The molecule has 6 nitrogen and oxygen atoms in total. The van der Waals surface area contributed by atoms with E-state index in [2.05, 4.69) is 0 Å². The molecule has 1 aliphatic heterocycles. The summed E-state index contributed by atoms with van der Waals surface area (Å²) >= 11 is 0. The number of hydrogen-bond donors (Lipinski definition) is 0. The Labute approximate surface area is 153 Å². The number of nitrogens with zero attached hydrogens (tertiary/aromatic N) is 3. The van der Waals surface area contributed by atoms with Crippen molar-refractivity contribution in [3.8, 4) is 0 Å². The molecule has 0 bridgehead atoms. The Bertz CT molecular complexity index is 640. The molecule has 1 saturated heterocycles. The third-order valence-corrected chi connectivity index (χ3v) is 4.70. The van der Waals surface area contributed by atoms with Crippen molar-refractivity contribution in [3.05, 3.63) is 35.6 Å². The van der Waals surface area contributed by atoms with Gasteiger partial charge in [-0.2, -0.15) is 0 Å². The minimum atomic E-state index is -0.285. The van der Waals surface area contributed by atoms with Crippen molar-refractivity contribution in [1.29, 1.82) is 0 Å². The first-order chi connectivity index (χ1) is 12.4. The van der Waals surface area contributed by atoms with Crippen molar-refractivity contribution >= 4 is 17.7 Å². The zero-order valence-electron chi connectivity index (χ0n) is 15.4. The lowest BCUT2D eigenvalue weighted by molar-refractivity contribution is -0.139. The van der Waals surface area contributed by atoms with E-state index in [0.717, 1.165) is 5.56 Å². The van der Waals surface area contributed by atoms with Gasteiger partial charge in [-0.05, 0) is 24.1 Å². The molecule has 7 heteroatoms. The van der Waals surface area contributed by atoms with Crippen molar-refractivity contribution in [2.24, 2.45) is 0 Å². The van der Waals surface area contributed by atoms with Gasteiger partial charge < -0.3 is 14.7 Å². The first kappa shape index (κ1) is 19.9. The molecule has 1 aromatic rings. The largest absolute Gasteiger partial charge is 0.342 e. The number of carbonyl (C=O) groups is 3. The SMILES string of the molecule is CC(=O)N(CCC(=O)N1CCN(C(C)=O)CC1)CCc1ccc(F)cc1. The average molecular weight is 363 g/mol. The van der Waals surface area contributed by atoms with E-state index in [1.54, 1.807) is 26.8 Å². The summed E-state index contributed by atoms with van der Waals surface area (Å²) in [5.74, 6) is -0.337. The summed E-state index contributed by atoms with van der Waals surface area (Å²) in [6.45, 7) is 6.06. The quantitative estimate of drug-likeness (QED) is 0.765. The molecule has 0 N–H and O–H groups in total. The van der Waals surface area contributed by atoms with Crippen LogP contribution in [0.5, 0.6) is 0 Å². The lowest BCUT2D eigenvalue weighted by Crippen LogP contribution is -2.50. The Morgan fingerprint density at radius 3 is 2.08 bits per heavy atom. The molecule has 1 fully saturated rings. The first-order valence-corrected chi connectivity index (χ1v) is 8.90. The first-order valence-electron chi connectivity index (χ1n) is 8.90. The van der Waals surface area contributed by atoms with E-state index in [1.807, 2.05) is 0 Å². The Morgan fingerprint density at radius 1 is 0.962 bits per heavy atom. The van der Waals surface area contributed by atoms with Gasteiger partial charge in [-0.1, -0.05) is 12.1 Å². The average Bonchev–Trinajstić information content (AvgIpc) is 2.62. The van der Waals surface area contributed by atoms with Crippen molar-refractivity contribution in [2.45, 2.75) is 26.7 Å². The maximum absolute atomic E-state index is 12.9. The highest BCUT2D eigenvalue weighted by Crippen LogP contribution is 2.07. The van der Waals surface area contributed by atoms with Gasteiger partial charge in [0.05, 0.1) is 0 Å². The monoisotopic (exact) mass is 363 g/mol. The van der Waals surface area contributed by atoms with E-state index >= 15 is 0 Å². The topological polar surface area (TPSA) is 60.9 Å². The molecule has 0 saturated carbocycles. The van der Waals surface area contributed by atoms with Crippen LogP contribution in [0.1, 0.15) is 25.8 Å². The molecular weight excluding hydrogens is 337 g/mol. The van der Waals surface area contributed by atoms with Crippen molar-refractivity contribution in [3.63, 3.8) is 0 Å². The summed E-state index contributed by atoms with van der Waals surface area (Å²) < 4.78 is 12.9. The van der Waals surface area contributed by atoms with Gasteiger partial charge in [0, 0.05) is 59.5 Å². The summed E-state index contributed by atoms with van der Waals surface area (Å²) in [6, 6.07) is 6.20. The zero-order valence-corrected chi connectivity index (χ0v) is 15.4. The predicted octanol–water partition coefficient (Wildman–Crippen LogP) is 1.30. The number of benzene rings is 1. The molecule has 0 atom stereocenters. The lowest BCUT2D eigenvalue weighted by Gasteiger charge is -2.34. The molecule has 1 heterocycles. The van der Waals surface area contributed by atoms with Crippen LogP contribution in [-0.2, 0) is 20.8 Å². The molecule has 26 heavy (non-hydrogen) atoms. The maximum atomic E-state index is 12.9. The van der Waals surface area contributed by atoms with Gasteiger partial charge in [0.1, 0.15) is 5.82 Å². The number of rotatable bonds is 6. The van der Waals surface area contributed by atoms with E-state index in [1.165, 1.54) is 26.0 Å². The van der Waals surface area contributed by atoms with Gasteiger partial charge in [-0.15, -0.1) is 0 Å². The Morgan fingerprint density at radius 2 is 1.54 bits per heavy atom. The van der Waals surface area contributed by atoms with E-state index < -0.39 is 0 Å². The number of hydrogen-bond acceptors (Lipinski definition) is 3. The number of piperazine rings is 1. The maximum Gasteiger partial charge on any atom is 0.224 e. The molecule has 0 unspecified atom stereocenters. The molecule has 1 aromatic carbocycles. The standard InChI is InChI=1S/C19H26FN3O3/c1-15(24)21(9-7-17-3-5-18(20)6-4-17)10-8-19(26)23-13-11-22(12-14-23)16(2)25/h3-6H,7-14H2,1-2H3. The van der Waals surface area contributed by atoms with E-state index in [4.69, 9.17) is 0 Å². The molecule has 0 aliphatic carbocycles. The fourth-order valence-corrected chi connectivity index (χ4v) is 3.00. The summed E-state index contributed by atoms with van der Waals surface area (Å²) in [7, 11) is 0. The third-order valence-electron chi connectivity index (χ3n) is 4.70. The van der Waals surface area contributed by atoms with Gasteiger partial charge in [0.2, 0.25) is 17.7 Å². The van der Waals surface area contributed by atoms with Gasteiger partial charge in [0.25, 0.3) is 0 Å². The van der Waals surface area contributed by atoms with Crippen LogP contribution in [0.4, 0.5) is 4.39 Å². The van der Waals surface area contributed by atoms with Crippen LogP contribution in [-0.4, -0.2) is 71.7 Å². The Hall–Kier alpha value is -2.44. The van der Waals surface area contributed by atoms with Crippen molar-refractivity contribution < 1.29 is 18.8 Å². The summed E-state index contributed by atoms with van der Waals surface area (Å²) in [5, 5.41) is 0. The second-order valence-corrected chi connectivity index (χ2v) is 6.52. The smallest absolute Gasteiger partial charge is 0.224 e. The summed E-state index contributed by atoms with van der Waals surface area (Å²) in [4.78, 5) is 40.6. The number of carbonyl (C=O) groups excluding carboxylic acids is 3. The molecular formula is C19H26FN3O3. The van der Waals surface area contributed by atoms with Crippen LogP contribution >= 0.6 is 0 Å². The number of amides is 3. The van der Waals surface area contributed by atoms with Crippen LogP contribution < -0.4 is 0 Å². The highest BCUT2D eigenvalue weighted by atomic mass is 19.1. The van der Waals surface area contributed by atoms with Crippen LogP contribution in [0.2, 0.25) is 0 Å². The highest BCUT2D eigenvalue weighted by Gasteiger charge is 2.22. The molecule has 142 valence electrons. The predicted molar refractivity (Wildman–Crippen MR) is 95.8 cm³/mol.